The van der Waals surface area contributed by atoms with Crippen LogP contribution >= 0.6 is 11.6 Å². The summed E-state index contributed by atoms with van der Waals surface area (Å²) in [6.07, 6.45) is 0.835. The van der Waals surface area contributed by atoms with Crippen LogP contribution in [0.15, 0.2) is 18.2 Å². The van der Waals surface area contributed by atoms with Crippen LogP contribution in [0.2, 0.25) is 0 Å². The maximum atomic E-state index is 11.5. The monoisotopic (exact) mass is 225 g/mol. The van der Waals surface area contributed by atoms with Gasteiger partial charge in [-0.15, -0.1) is 11.6 Å². The number of ether oxygens (including phenoxy) is 1. The van der Waals surface area contributed by atoms with E-state index in [2.05, 4.69) is 0 Å². The van der Waals surface area contributed by atoms with Crippen molar-refractivity contribution in [1.82, 2.24) is 0 Å². The molecule has 0 atom stereocenters. The van der Waals surface area contributed by atoms with E-state index in [0.717, 1.165) is 23.4 Å². The van der Waals surface area contributed by atoms with Crippen LogP contribution in [0.1, 0.15) is 5.56 Å². The maximum Gasteiger partial charge on any atom is 0.241 e. The average molecular weight is 226 g/mol. The van der Waals surface area contributed by atoms with Crippen molar-refractivity contribution >= 4 is 23.2 Å². The van der Waals surface area contributed by atoms with Gasteiger partial charge in [0.1, 0.15) is 11.6 Å². The topological polar surface area (TPSA) is 29.5 Å². The van der Waals surface area contributed by atoms with E-state index in [1.54, 1.807) is 12.0 Å². The number of anilines is 1. The normalized spacial score (nSPS) is 13.9. The minimum atomic E-state index is -0.0522. The lowest BCUT2D eigenvalue weighted by Crippen LogP contribution is -2.29. The van der Waals surface area contributed by atoms with Gasteiger partial charge in [0.05, 0.1) is 12.8 Å². The van der Waals surface area contributed by atoms with E-state index >= 15 is 0 Å². The van der Waals surface area contributed by atoms with Gasteiger partial charge in [-0.25, -0.2) is 0 Å². The summed E-state index contributed by atoms with van der Waals surface area (Å²) in [6, 6.07) is 5.72. The lowest BCUT2D eigenvalue weighted by atomic mass is 10.1. The Labute approximate surface area is 93.6 Å². The summed E-state index contributed by atoms with van der Waals surface area (Å²) in [7, 11) is 1.64. The number of carbonyl (C=O) groups excluding carboxylic acids is 1. The fourth-order valence-corrected chi connectivity index (χ4v) is 2.07. The Morgan fingerprint density at radius 1 is 1.60 bits per heavy atom. The molecule has 0 saturated heterocycles. The van der Waals surface area contributed by atoms with Crippen molar-refractivity contribution < 1.29 is 9.53 Å². The zero-order valence-electron chi connectivity index (χ0n) is 8.50. The lowest BCUT2D eigenvalue weighted by molar-refractivity contribution is -0.116. The highest BCUT2D eigenvalue weighted by Gasteiger charge is 2.25. The van der Waals surface area contributed by atoms with Crippen LogP contribution in [-0.2, 0) is 11.2 Å². The molecule has 1 aromatic carbocycles. The molecule has 1 heterocycles. The molecular weight excluding hydrogens is 214 g/mol. The Hall–Kier alpha value is -1.22. The molecule has 1 amide bonds. The number of fused-ring (bicyclic) bond motifs is 1. The molecule has 0 radical (unpaired) electrons. The number of methoxy groups -OCH3 is 1. The van der Waals surface area contributed by atoms with Crippen molar-refractivity contribution in [1.29, 1.82) is 0 Å². The number of rotatable bonds is 2. The fraction of sp³-hybridized carbons (Fsp3) is 0.364. The van der Waals surface area contributed by atoms with E-state index < -0.39 is 0 Å². The van der Waals surface area contributed by atoms with Gasteiger partial charge in [0.15, 0.2) is 0 Å². The van der Waals surface area contributed by atoms with Gasteiger partial charge in [-0.3, -0.25) is 4.79 Å². The summed E-state index contributed by atoms with van der Waals surface area (Å²) in [5.41, 5.74) is 2.03. The van der Waals surface area contributed by atoms with Gasteiger partial charge in [0.25, 0.3) is 0 Å². The van der Waals surface area contributed by atoms with Crippen LogP contribution in [-0.4, -0.2) is 25.4 Å². The third-order valence-corrected chi connectivity index (χ3v) is 2.85. The first kappa shape index (κ1) is 10.3. The number of halogens is 1. The molecule has 0 saturated carbocycles. The molecule has 1 aromatic rings. The summed E-state index contributed by atoms with van der Waals surface area (Å²) in [6.45, 7) is 0.696. The molecule has 2 rings (SSSR count). The van der Waals surface area contributed by atoms with Gasteiger partial charge in [-0.1, -0.05) is 6.07 Å². The summed E-state index contributed by atoms with van der Waals surface area (Å²) in [5.74, 6) is 0.817. The third kappa shape index (κ3) is 1.67. The fourth-order valence-electron chi connectivity index (χ4n) is 1.92. The van der Waals surface area contributed by atoms with E-state index in [0.29, 0.717) is 6.54 Å². The lowest BCUT2D eigenvalue weighted by Gasteiger charge is -2.15. The molecule has 1 aliphatic heterocycles. The van der Waals surface area contributed by atoms with Gasteiger partial charge in [0.2, 0.25) is 5.91 Å². The van der Waals surface area contributed by atoms with Crippen LogP contribution in [0, 0.1) is 0 Å². The Morgan fingerprint density at radius 2 is 2.40 bits per heavy atom. The summed E-state index contributed by atoms with van der Waals surface area (Å²) >= 11 is 5.55. The second kappa shape index (κ2) is 4.11. The number of alkyl halides is 1. The predicted molar refractivity (Wildman–Crippen MR) is 59.8 cm³/mol. The molecule has 4 heteroatoms. The van der Waals surface area contributed by atoms with Crippen molar-refractivity contribution in [3.8, 4) is 5.75 Å². The highest BCUT2D eigenvalue weighted by atomic mass is 35.5. The van der Waals surface area contributed by atoms with E-state index in [1.807, 2.05) is 18.2 Å². The first-order chi connectivity index (χ1) is 7.27. The molecule has 0 spiro atoms. The Balaban J connectivity index is 2.39. The predicted octanol–water partition coefficient (Wildman–Crippen LogP) is 1.82. The first-order valence-corrected chi connectivity index (χ1v) is 5.33. The molecule has 0 aliphatic carbocycles. The van der Waals surface area contributed by atoms with Crippen molar-refractivity contribution in [2.75, 3.05) is 24.4 Å². The summed E-state index contributed by atoms with van der Waals surface area (Å²) in [4.78, 5) is 13.2. The number of benzene rings is 1. The van der Waals surface area contributed by atoms with Crippen LogP contribution in [0.25, 0.3) is 0 Å². The van der Waals surface area contributed by atoms with Crippen molar-refractivity contribution in [2.45, 2.75) is 6.42 Å². The molecule has 1 aliphatic rings. The minimum absolute atomic E-state index is 0.0245. The summed E-state index contributed by atoms with van der Waals surface area (Å²) in [5, 5.41) is 0. The molecule has 0 unspecified atom stereocenters. The maximum absolute atomic E-state index is 11.5. The molecule has 80 valence electrons. The first-order valence-electron chi connectivity index (χ1n) is 4.80. The second-order valence-corrected chi connectivity index (χ2v) is 3.65. The second-order valence-electron chi connectivity index (χ2n) is 3.39. The zero-order valence-corrected chi connectivity index (χ0v) is 9.25. The van der Waals surface area contributed by atoms with E-state index in [1.165, 1.54) is 0 Å². The average Bonchev–Trinajstić information content (AvgIpc) is 2.71. The number of amides is 1. The molecule has 0 aromatic heterocycles. The number of nitrogens with zero attached hydrogens (tertiary/aromatic N) is 1. The standard InChI is InChI=1S/C11H12ClNO2/c1-15-10-4-2-3-9-8(10)5-6-13(9)11(14)7-12/h2-4H,5-7H2,1H3. The minimum Gasteiger partial charge on any atom is -0.496 e. The molecule has 15 heavy (non-hydrogen) atoms. The van der Waals surface area contributed by atoms with Gasteiger partial charge < -0.3 is 9.64 Å². The van der Waals surface area contributed by atoms with Gasteiger partial charge in [-0.2, -0.15) is 0 Å². The van der Waals surface area contributed by atoms with Gasteiger partial charge >= 0.3 is 0 Å². The quantitative estimate of drug-likeness (QED) is 0.719. The molecule has 0 bridgehead atoms. The highest BCUT2D eigenvalue weighted by Crippen LogP contribution is 2.34. The molecule has 0 fully saturated rings. The van der Waals surface area contributed by atoms with Crippen LogP contribution in [0.4, 0.5) is 5.69 Å². The van der Waals surface area contributed by atoms with Crippen LogP contribution < -0.4 is 9.64 Å². The number of hydrogen-bond donors (Lipinski definition) is 0. The van der Waals surface area contributed by atoms with Crippen molar-refractivity contribution in [3.05, 3.63) is 23.8 Å². The number of carbonyl (C=O) groups is 1. The summed E-state index contributed by atoms with van der Waals surface area (Å²) < 4.78 is 5.25. The van der Waals surface area contributed by atoms with Crippen LogP contribution in [0.3, 0.4) is 0 Å². The Bertz CT molecular complexity index is 392. The third-order valence-electron chi connectivity index (χ3n) is 2.62. The van der Waals surface area contributed by atoms with E-state index in [4.69, 9.17) is 16.3 Å². The smallest absolute Gasteiger partial charge is 0.241 e. The SMILES string of the molecule is COc1cccc2c1CCN2C(=O)CCl. The number of hydrogen-bond acceptors (Lipinski definition) is 2. The van der Waals surface area contributed by atoms with E-state index in [9.17, 15) is 4.79 Å². The highest BCUT2D eigenvalue weighted by molar-refractivity contribution is 6.29. The molecular formula is C11H12ClNO2. The Kier molecular flexibility index (Phi) is 2.82. The van der Waals surface area contributed by atoms with Crippen molar-refractivity contribution in [2.24, 2.45) is 0 Å². The van der Waals surface area contributed by atoms with E-state index in [-0.39, 0.29) is 11.8 Å². The molecule has 3 nitrogen and oxygen atoms in total. The van der Waals surface area contributed by atoms with Gasteiger partial charge in [0, 0.05) is 12.1 Å². The zero-order chi connectivity index (χ0) is 10.8. The molecule has 0 N–H and O–H groups in total. The van der Waals surface area contributed by atoms with Gasteiger partial charge in [-0.05, 0) is 18.6 Å². The largest absolute Gasteiger partial charge is 0.496 e. The van der Waals surface area contributed by atoms with Crippen molar-refractivity contribution in [3.63, 3.8) is 0 Å². The van der Waals surface area contributed by atoms with Crippen LogP contribution in [0.5, 0.6) is 5.75 Å². The Morgan fingerprint density at radius 3 is 3.07 bits per heavy atom.